The second-order valence-corrected chi connectivity index (χ2v) is 4.29. The van der Waals surface area contributed by atoms with E-state index < -0.39 is 0 Å². The summed E-state index contributed by atoms with van der Waals surface area (Å²) in [4.78, 5) is 7.05. The van der Waals surface area contributed by atoms with Gasteiger partial charge in [-0.3, -0.25) is 0 Å². The normalized spacial score (nSPS) is 11.9. The number of imidazole rings is 1. The lowest BCUT2D eigenvalue weighted by Gasteiger charge is -2.22. The van der Waals surface area contributed by atoms with Gasteiger partial charge in [-0.1, -0.05) is 0 Å². The minimum atomic E-state index is -0.0268. The number of nitrogens with one attached hydrogen (secondary N) is 2. The summed E-state index contributed by atoms with van der Waals surface area (Å²) < 4.78 is 5.33. The molecule has 0 atom stereocenters. The molecule has 0 fully saturated rings. The zero-order valence-corrected chi connectivity index (χ0v) is 9.84. The molecule has 0 aliphatic rings. The molecule has 0 saturated carbocycles. The zero-order chi connectivity index (χ0) is 11.1. The van der Waals surface area contributed by atoms with Gasteiger partial charge in [0.2, 0.25) is 0 Å². The van der Waals surface area contributed by atoms with E-state index in [9.17, 15) is 0 Å². The van der Waals surface area contributed by atoms with Gasteiger partial charge in [0.15, 0.2) is 0 Å². The van der Waals surface area contributed by atoms with Gasteiger partial charge >= 0.3 is 0 Å². The van der Waals surface area contributed by atoms with Crippen LogP contribution < -0.4 is 5.32 Å². The highest BCUT2D eigenvalue weighted by molar-refractivity contribution is 4.94. The Morgan fingerprint density at radius 3 is 2.87 bits per heavy atom. The van der Waals surface area contributed by atoms with Crippen molar-refractivity contribution >= 4 is 0 Å². The van der Waals surface area contributed by atoms with Crippen molar-refractivity contribution in [3.05, 3.63) is 18.2 Å². The number of rotatable bonds is 7. The average molecular weight is 211 g/mol. The molecule has 0 spiro atoms. The lowest BCUT2D eigenvalue weighted by Crippen LogP contribution is -2.29. The van der Waals surface area contributed by atoms with Crippen molar-refractivity contribution in [3.8, 4) is 0 Å². The third kappa shape index (κ3) is 4.95. The monoisotopic (exact) mass is 211 g/mol. The summed E-state index contributed by atoms with van der Waals surface area (Å²) in [5, 5.41) is 3.39. The molecular weight excluding hydrogens is 190 g/mol. The number of hydrogen-bond acceptors (Lipinski definition) is 3. The first-order valence-electron chi connectivity index (χ1n) is 5.37. The number of hydrogen-bond donors (Lipinski definition) is 2. The van der Waals surface area contributed by atoms with Crippen LogP contribution in [0.1, 0.15) is 26.0 Å². The molecule has 0 aliphatic carbocycles. The lowest BCUT2D eigenvalue weighted by atomic mass is 10.1. The van der Waals surface area contributed by atoms with Crippen LogP contribution >= 0.6 is 0 Å². The molecule has 0 bridgehead atoms. The van der Waals surface area contributed by atoms with Crippen molar-refractivity contribution in [1.29, 1.82) is 0 Å². The summed E-state index contributed by atoms with van der Waals surface area (Å²) in [6.45, 7) is 6.16. The highest BCUT2D eigenvalue weighted by atomic mass is 16.5. The van der Waals surface area contributed by atoms with E-state index in [4.69, 9.17) is 4.74 Å². The highest BCUT2D eigenvalue weighted by Crippen LogP contribution is 2.11. The third-order valence-corrected chi connectivity index (χ3v) is 2.58. The number of H-pyrrole nitrogens is 1. The molecule has 1 aromatic heterocycles. The Balaban J connectivity index is 2.03. The van der Waals surface area contributed by atoms with Gasteiger partial charge in [0.05, 0.1) is 11.9 Å². The van der Waals surface area contributed by atoms with Crippen LogP contribution in [0, 0.1) is 0 Å². The molecule has 0 aliphatic heterocycles. The minimum Gasteiger partial charge on any atom is -0.379 e. The number of aromatic nitrogens is 2. The zero-order valence-electron chi connectivity index (χ0n) is 9.84. The van der Waals surface area contributed by atoms with Crippen molar-refractivity contribution in [1.82, 2.24) is 15.3 Å². The van der Waals surface area contributed by atoms with E-state index in [1.807, 2.05) is 6.20 Å². The van der Waals surface area contributed by atoms with Crippen LogP contribution in [0.3, 0.4) is 0 Å². The van der Waals surface area contributed by atoms with Crippen molar-refractivity contribution in [3.63, 3.8) is 0 Å². The molecule has 1 heterocycles. The fourth-order valence-corrected chi connectivity index (χ4v) is 1.26. The van der Waals surface area contributed by atoms with E-state index in [-0.39, 0.29) is 5.60 Å². The van der Waals surface area contributed by atoms with Crippen LogP contribution in [0.2, 0.25) is 0 Å². The lowest BCUT2D eigenvalue weighted by molar-refractivity contribution is 0.0159. The average Bonchev–Trinajstić information content (AvgIpc) is 2.70. The summed E-state index contributed by atoms with van der Waals surface area (Å²) in [5.41, 5.74) is 1.15. The Bertz CT molecular complexity index is 257. The summed E-state index contributed by atoms with van der Waals surface area (Å²) in [7, 11) is 1.75. The maximum Gasteiger partial charge on any atom is 0.0921 e. The molecule has 4 nitrogen and oxygen atoms in total. The van der Waals surface area contributed by atoms with Gasteiger partial charge in [0.25, 0.3) is 0 Å². The summed E-state index contributed by atoms with van der Waals surface area (Å²) in [5.74, 6) is 0. The molecule has 0 unspecified atom stereocenters. The molecular formula is C11H21N3O. The van der Waals surface area contributed by atoms with Gasteiger partial charge in [-0.05, 0) is 26.8 Å². The van der Waals surface area contributed by atoms with Gasteiger partial charge in [-0.25, -0.2) is 4.98 Å². The molecule has 15 heavy (non-hydrogen) atoms. The van der Waals surface area contributed by atoms with E-state index in [0.717, 1.165) is 25.9 Å². The second-order valence-electron chi connectivity index (χ2n) is 4.29. The van der Waals surface area contributed by atoms with Crippen LogP contribution in [0.4, 0.5) is 0 Å². The predicted molar refractivity (Wildman–Crippen MR) is 60.9 cm³/mol. The van der Waals surface area contributed by atoms with Crippen LogP contribution in [0.15, 0.2) is 12.5 Å². The minimum absolute atomic E-state index is 0.0268. The molecule has 1 rings (SSSR count). The van der Waals surface area contributed by atoms with Crippen LogP contribution in [-0.2, 0) is 11.2 Å². The Morgan fingerprint density at radius 1 is 1.47 bits per heavy atom. The third-order valence-electron chi connectivity index (χ3n) is 2.58. The van der Waals surface area contributed by atoms with Crippen molar-refractivity contribution in [2.45, 2.75) is 32.3 Å². The molecule has 0 saturated heterocycles. The maximum absolute atomic E-state index is 5.33. The summed E-state index contributed by atoms with van der Waals surface area (Å²) >= 11 is 0. The van der Waals surface area contributed by atoms with Crippen LogP contribution in [0.5, 0.6) is 0 Å². The maximum atomic E-state index is 5.33. The van der Waals surface area contributed by atoms with Gasteiger partial charge in [-0.2, -0.15) is 0 Å². The van der Waals surface area contributed by atoms with E-state index >= 15 is 0 Å². The first kappa shape index (κ1) is 12.2. The standard InChI is InChI=1S/C11H21N3O/c1-11(2,15-3)5-7-12-6-4-10-8-13-9-14-10/h8-9,12H,4-7H2,1-3H3,(H,13,14). The Kier molecular flexibility index (Phi) is 4.78. The summed E-state index contributed by atoms with van der Waals surface area (Å²) in [6.07, 6.45) is 5.59. The van der Waals surface area contributed by atoms with Gasteiger partial charge in [0.1, 0.15) is 0 Å². The first-order chi connectivity index (χ1) is 7.14. The van der Waals surface area contributed by atoms with E-state index in [1.165, 1.54) is 5.69 Å². The second kappa shape index (κ2) is 5.88. The summed E-state index contributed by atoms with van der Waals surface area (Å²) in [6, 6.07) is 0. The molecule has 1 aromatic rings. The number of nitrogens with zero attached hydrogens (tertiary/aromatic N) is 1. The van der Waals surface area contributed by atoms with E-state index in [0.29, 0.717) is 0 Å². The van der Waals surface area contributed by atoms with E-state index in [1.54, 1.807) is 13.4 Å². The molecule has 0 amide bonds. The van der Waals surface area contributed by atoms with Crippen molar-refractivity contribution in [2.24, 2.45) is 0 Å². The quantitative estimate of drug-likeness (QED) is 0.669. The highest BCUT2D eigenvalue weighted by Gasteiger charge is 2.14. The topological polar surface area (TPSA) is 49.9 Å². The number of aromatic amines is 1. The first-order valence-corrected chi connectivity index (χ1v) is 5.37. The van der Waals surface area contributed by atoms with Gasteiger partial charge in [-0.15, -0.1) is 0 Å². The fraction of sp³-hybridized carbons (Fsp3) is 0.727. The largest absolute Gasteiger partial charge is 0.379 e. The Labute approximate surface area is 91.4 Å². The molecule has 86 valence electrons. The van der Waals surface area contributed by atoms with Gasteiger partial charge < -0.3 is 15.0 Å². The number of ether oxygens (including phenoxy) is 1. The smallest absolute Gasteiger partial charge is 0.0921 e. The fourth-order valence-electron chi connectivity index (χ4n) is 1.26. The molecule has 2 N–H and O–H groups in total. The Morgan fingerprint density at radius 2 is 2.27 bits per heavy atom. The van der Waals surface area contributed by atoms with Crippen molar-refractivity contribution in [2.75, 3.05) is 20.2 Å². The van der Waals surface area contributed by atoms with E-state index in [2.05, 4.69) is 29.1 Å². The molecule has 0 aromatic carbocycles. The molecule has 0 radical (unpaired) electrons. The van der Waals surface area contributed by atoms with Crippen LogP contribution in [0.25, 0.3) is 0 Å². The van der Waals surface area contributed by atoms with Crippen molar-refractivity contribution < 1.29 is 4.74 Å². The SMILES string of the molecule is COC(C)(C)CCNCCc1cnc[nH]1. The number of methoxy groups -OCH3 is 1. The predicted octanol–water partition coefficient (Wildman–Crippen LogP) is 1.36. The Hall–Kier alpha value is -0.870. The molecule has 4 heteroatoms. The van der Waals surface area contributed by atoms with Crippen LogP contribution in [-0.4, -0.2) is 35.8 Å². The van der Waals surface area contributed by atoms with Gasteiger partial charge in [0, 0.05) is 32.0 Å².